The summed E-state index contributed by atoms with van der Waals surface area (Å²) in [5.41, 5.74) is 1.96. The molecule has 1 aromatic heterocycles. The first-order valence-electron chi connectivity index (χ1n) is 6.22. The van der Waals surface area contributed by atoms with Gasteiger partial charge in [-0.05, 0) is 16.8 Å². The minimum atomic E-state index is 0.329. The van der Waals surface area contributed by atoms with Crippen molar-refractivity contribution in [3.8, 4) is 5.75 Å². The average molecular weight is 253 g/mol. The van der Waals surface area contributed by atoms with Crippen molar-refractivity contribution >= 4 is 10.8 Å². The molecule has 4 nitrogen and oxygen atoms in total. The van der Waals surface area contributed by atoms with E-state index in [2.05, 4.69) is 15.3 Å². The molecule has 3 N–H and O–H groups in total. The van der Waals surface area contributed by atoms with Gasteiger partial charge >= 0.3 is 0 Å². The third-order valence-electron chi connectivity index (χ3n) is 3.19. The highest BCUT2D eigenvalue weighted by atomic mass is 16.3. The Balaban J connectivity index is 1.81. The SMILES string of the molecule is Oc1ccc2ccccc2c1CNCc1cnc[nH]1. The van der Waals surface area contributed by atoms with E-state index >= 15 is 0 Å². The zero-order valence-corrected chi connectivity index (χ0v) is 10.4. The van der Waals surface area contributed by atoms with Crippen molar-refractivity contribution in [2.75, 3.05) is 0 Å². The van der Waals surface area contributed by atoms with E-state index < -0.39 is 0 Å². The second-order valence-electron chi connectivity index (χ2n) is 4.46. The number of benzene rings is 2. The molecule has 3 rings (SSSR count). The van der Waals surface area contributed by atoms with Crippen LogP contribution in [0.3, 0.4) is 0 Å². The van der Waals surface area contributed by atoms with Crippen LogP contribution in [0.15, 0.2) is 48.9 Å². The van der Waals surface area contributed by atoms with Gasteiger partial charge in [0.1, 0.15) is 5.75 Å². The van der Waals surface area contributed by atoms with Crippen molar-refractivity contribution < 1.29 is 5.11 Å². The molecule has 0 aliphatic carbocycles. The van der Waals surface area contributed by atoms with Gasteiger partial charge in [-0.15, -0.1) is 0 Å². The first-order chi connectivity index (χ1) is 9.34. The van der Waals surface area contributed by atoms with E-state index in [4.69, 9.17) is 0 Å². The van der Waals surface area contributed by atoms with Crippen LogP contribution in [0.2, 0.25) is 0 Å². The second-order valence-corrected chi connectivity index (χ2v) is 4.46. The molecule has 2 aromatic carbocycles. The van der Waals surface area contributed by atoms with Crippen LogP contribution in [0.25, 0.3) is 10.8 Å². The maximum Gasteiger partial charge on any atom is 0.120 e. The number of hydrogen-bond acceptors (Lipinski definition) is 3. The number of nitrogens with zero attached hydrogens (tertiary/aromatic N) is 1. The Bertz CT molecular complexity index is 677. The molecule has 19 heavy (non-hydrogen) atoms. The number of nitrogens with one attached hydrogen (secondary N) is 2. The van der Waals surface area contributed by atoms with Crippen LogP contribution in [-0.2, 0) is 13.1 Å². The van der Waals surface area contributed by atoms with Crippen LogP contribution in [-0.4, -0.2) is 15.1 Å². The Morgan fingerprint density at radius 2 is 2.00 bits per heavy atom. The van der Waals surface area contributed by atoms with Crippen LogP contribution in [0, 0.1) is 0 Å². The molecule has 0 saturated carbocycles. The standard InChI is InChI=1S/C15H15N3O/c19-15-6-5-11-3-1-2-4-13(11)14(15)9-16-7-12-8-17-10-18-12/h1-6,8,10,16,19H,7,9H2,(H,17,18). The summed E-state index contributed by atoms with van der Waals surface area (Å²) in [6, 6.07) is 11.7. The summed E-state index contributed by atoms with van der Waals surface area (Å²) in [5, 5.41) is 15.5. The van der Waals surface area contributed by atoms with Gasteiger partial charge in [0.15, 0.2) is 0 Å². The molecule has 3 aromatic rings. The molecule has 0 amide bonds. The highest BCUT2D eigenvalue weighted by molar-refractivity contribution is 5.87. The molecule has 0 atom stereocenters. The number of hydrogen-bond donors (Lipinski definition) is 3. The normalized spacial score (nSPS) is 10.9. The predicted octanol–water partition coefficient (Wildman–Crippen LogP) is 2.56. The molecule has 0 aliphatic heterocycles. The third kappa shape index (κ3) is 2.44. The second kappa shape index (κ2) is 5.12. The van der Waals surface area contributed by atoms with Crippen LogP contribution >= 0.6 is 0 Å². The lowest BCUT2D eigenvalue weighted by Crippen LogP contribution is -2.13. The Kier molecular flexibility index (Phi) is 3.16. The smallest absolute Gasteiger partial charge is 0.120 e. The number of rotatable bonds is 4. The number of aromatic amines is 1. The quantitative estimate of drug-likeness (QED) is 0.669. The highest BCUT2D eigenvalue weighted by Gasteiger charge is 2.06. The van der Waals surface area contributed by atoms with Crippen molar-refractivity contribution in [3.05, 3.63) is 60.2 Å². The largest absolute Gasteiger partial charge is 0.508 e. The zero-order valence-electron chi connectivity index (χ0n) is 10.4. The van der Waals surface area contributed by atoms with Crippen molar-refractivity contribution in [3.63, 3.8) is 0 Å². The van der Waals surface area contributed by atoms with Crippen LogP contribution < -0.4 is 5.32 Å². The molecule has 0 saturated heterocycles. The van der Waals surface area contributed by atoms with Crippen molar-refractivity contribution in [2.45, 2.75) is 13.1 Å². The molecule has 1 heterocycles. The Morgan fingerprint density at radius 3 is 2.84 bits per heavy atom. The number of phenolic OH excluding ortho intramolecular Hbond substituents is 1. The molecule has 0 spiro atoms. The number of phenols is 1. The monoisotopic (exact) mass is 253 g/mol. The molecule has 4 heteroatoms. The van der Waals surface area contributed by atoms with E-state index in [0.29, 0.717) is 18.8 Å². The Labute approximate surface area is 111 Å². The molecular weight excluding hydrogens is 238 g/mol. The first-order valence-corrected chi connectivity index (χ1v) is 6.22. The summed E-state index contributed by atoms with van der Waals surface area (Å²) in [5.74, 6) is 0.329. The summed E-state index contributed by atoms with van der Waals surface area (Å²) in [6.07, 6.45) is 3.45. The van der Waals surface area contributed by atoms with Gasteiger partial charge in [0.05, 0.1) is 6.33 Å². The van der Waals surface area contributed by atoms with E-state index in [-0.39, 0.29) is 0 Å². The molecule has 0 aliphatic rings. The maximum absolute atomic E-state index is 10.0. The fourth-order valence-electron chi connectivity index (χ4n) is 2.21. The van der Waals surface area contributed by atoms with Gasteiger partial charge in [-0.1, -0.05) is 30.3 Å². The summed E-state index contributed by atoms with van der Waals surface area (Å²) < 4.78 is 0. The number of aromatic nitrogens is 2. The maximum atomic E-state index is 10.0. The molecule has 0 fully saturated rings. The van der Waals surface area contributed by atoms with Crippen LogP contribution in [0.5, 0.6) is 5.75 Å². The molecule has 96 valence electrons. The zero-order chi connectivity index (χ0) is 13.1. The predicted molar refractivity (Wildman–Crippen MR) is 74.7 cm³/mol. The Hall–Kier alpha value is -2.33. The van der Waals surface area contributed by atoms with Crippen molar-refractivity contribution in [1.29, 1.82) is 0 Å². The summed E-state index contributed by atoms with van der Waals surface area (Å²) >= 11 is 0. The third-order valence-corrected chi connectivity index (χ3v) is 3.19. The number of imidazole rings is 1. The summed E-state index contributed by atoms with van der Waals surface area (Å²) in [6.45, 7) is 1.31. The lowest BCUT2D eigenvalue weighted by molar-refractivity contribution is 0.465. The van der Waals surface area contributed by atoms with Crippen LogP contribution in [0.4, 0.5) is 0 Å². The van der Waals surface area contributed by atoms with Gasteiger partial charge in [0.2, 0.25) is 0 Å². The van der Waals surface area contributed by atoms with E-state index in [0.717, 1.165) is 22.0 Å². The van der Waals surface area contributed by atoms with Gasteiger partial charge < -0.3 is 15.4 Å². The lowest BCUT2D eigenvalue weighted by Gasteiger charge is -2.10. The van der Waals surface area contributed by atoms with E-state index in [9.17, 15) is 5.11 Å². The highest BCUT2D eigenvalue weighted by Crippen LogP contribution is 2.26. The van der Waals surface area contributed by atoms with Gasteiger partial charge in [-0.2, -0.15) is 0 Å². The van der Waals surface area contributed by atoms with Crippen molar-refractivity contribution in [2.24, 2.45) is 0 Å². The average Bonchev–Trinajstić information content (AvgIpc) is 2.94. The van der Waals surface area contributed by atoms with Gasteiger partial charge in [0.25, 0.3) is 0 Å². The minimum absolute atomic E-state index is 0.329. The van der Waals surface area contributed by atoms with E-state index in [1.165, 1.54) is 0 Å². The number of fused-ring (bicyclic) bond motifs is 1. The van der Waals surface area contributed by atoms with Gasteiger partial charge in [-0.25, -0.2) is 4.98 Å². The van der Waals surface area contributed by atoms with Gasteiger partial charge in [-0.3, -0.25) is 0 Å². The topological polar surface area (TPSA) is 60.9 Å². The lowest BCUT2D eigenvalue weighted by atomic mass is 10.0. The van der Waals surface area contributed by atoms with E-state index in [1.54, 1.807) is 18.6 Å². The first kappa shape index (κ1) is 11.7. The minimum Gasteiger partial charge on any atom is -0.508 e. The number of aromatic hydroxyl groups is 1. The van der Waals surface area contributed by atoms with Gasteiger partial charge in [0, 0.05) is 30.5 Å². The number of H-pyrrole nitrogens is 1. The molecule has 0 radical (unpaired) electrons. The van der Waals surface area contributed by atoms with Crippen molar-refractivity contribution in [1.82, 2.24) is 15.3 Å². The molecular formula is C15H15N3O. The van der Waals surface area contributed by atoms with E-state index in [1.807, 2.05) is 30.3 Å². The summed E-state index contributed by atoms with van der Waals surface area (Å²) in [7, 11) is 0. The molecule has 0 bridgehead atoms. The fraction of sp³-hybridized carbons (Fsp3) is 0.133. The summed E-state index contributed by atoms with van der Waals surface area (Å²) in [4.78, 5) is 7.01. The molecule has 0 unspecified atom stereocenters. The Morgan fingerprint density at radius 1 is 1.11 bits per heavy atom. The fourth-order valence-corrected chi connectivity index (χ4v) is 2.21. The van der Waals surface area contributed by atoms with Crippen LogP contribution in [0.1, 0.15) is 11.3 Å².